The Morgan fingerprint density at radius 1 is 1.33 bits per heavy atom. The molecule has 2 nitrogen and oxygen atoms in total. The maximum atomic E-state index is 6.01. The summed E-state index contributed by atoms with van der Waals surface area (Å²) >= 11 is 6.01. The second kappa shape index (κ2) is 6.44. The molecule has 0 radical (unpaired) electrons. The van der Waals surface area contributed by atoms with Gasteiger partial charge in [-0.3, -0.25) is 0 Å². The summed E-state index contributed by atoms with van der Waals surface area (Å²) in [5.74, 6) is 0.999. The van der Waals surface area contributed by atoms with Gasteiger partial charge in [0, 0.05) is 11.1 Å². The van der Waals surface area contributed by atoms with E-state index in [-0.39, 0.29) is 0 Å². The average Bonchev–Trinajstić information content (AvgIpc) is 2.79. The van der Waals surface area contributed by atoms with Gasteiger partial charge in [-0.15, -0.1) is 0 Å². The van der Waals surface area contributed by atoms with Crippen LogP contribution in [0.4, 0.5) is 0 Å². The molecule has 1 heterocycles. The topological polar surface area (TPSA) is 21.3 Å². The van der Waals surface area contributed by atoms with Crippen molar-refractivity contribution in [3.8, 4) is 5.75 Å². The fourth-order valence-corrected chi connectivity index (χ4v) is 2.96. The van der Waals surface area contributed by atoms with Crippen LogP contribution in [0.3, 0.4) is 0 Å². The molecule has 1 aliphatic rings. The third-order valence-electron chi connectivity index (χ3n) is 3.53. The van der Waals surface area contributed by atoms with Crippen LogP contribution in [-0.2, 0) is 0 Å². The van der Waals surface area contributed by atoms with Crippen molar-refractivity contribution in [3.63, 3.8) is 0 Å². The van der Waals surface area contributed by atoms with Gasteiger partial charge in [-0.05, 0) is 69.3 Å². The molecule has 1 unspecified atom stereocenters. The number of aryl methyl sites for hydroxylation is 2. The van der Waals surface area contributed by atoms with E-state index < -0.39 is 0 Å². The molecule has 1 aromatic carbocycles. The molecule has 1 fully saturated rings. The van der Waals surface area contributed by atoms with Crippen molar-refractivity contribution in [1.29, 1.82) is 0 Å². The highest BCUT2D eigenvalue weighted by atomic mass is 35.5. The molecule has 3 heteroatoms. The van der Waals surface area contributed by atoms with Crippen molar-refractivity contribution in [2.45, 2.75) is 45.6 Å². The largest absolute Gasteiger partial charge is 0.493 e. The molecular formula is C15H22ClNO. The van der Waals surface area contributed by atoms with Gasteiger partial charge in [0.2, 0.25) is 0 Å². The van der Waals surface area contributed by atoms with Gasteiger partial charge in [0.15, 0.2) is 0 Å². The second-order valence-corrected chi connectivity index (χ2v) is 5.59. The van der Waals surface area contributed by atoms with E-state index in [9.17, 15) is 0 Å². The highest BCUT2D eigenvalue weighted by Gasteiger charge is 2.13. The first kappa shape index (κ1) is 13.7. The van der Waals surface area contributed by atoms with Gasteiger partial charge >= 0.3 is 0 Å². The number of nitrogens with one attached hydrogen (secondary N) is 1. The zero-order chi connectivity index (χ0) is 13.0. The van der Waals surface area contributed by atoms with Gasteiger partial charge in [-0.2, -0.15) is 0 Å². The van der Waals surface area contributed by atoms with Crippen LogP contribution in [0.1, 0.15) is 36.8 Å². The molecule has 1 N–H and O–H groups in total. The van der Waals surface area contributed by atoms with Crippen LogP contribution in [0, 0.1) is 13.8 Å². The number of rotatable bonds is 5. The molecule has 1 aromatic rings. The highest BCUT2D eigenvalue weighted by molar-refractivity contribution is 6.30. The fraction of sp³-hybridized carbons (Fsp3) is 0.600. The third-order valence-corrected chi connectivity index (χ3v) is 3.75. The summed E-state index contributed by atoms with van der Waals surface area (Å²) in [6, 6.07) is 4.63. The highest BCUT2D eigenvalue weighted by Crippen LogP contribution is 2.27. The molecule has 0 spiro atoms. The molecule has 0 aliphatic carbocycles. The molecular weight excluding hydrogens is 246 g/mol. The van der Waals surface area contributed by atoms with E-state index in [1.165, 1.54) is 25.8 Å². The smallest absolute Gasteiger partial charge is 0.125 e. The molecule has 0 aromatic heterocycles. The summed E-state index contributed by atoms with van der Waals surface area (Å²) in [5.41, 5.74) is 2.25. The Labute approximate surface area is 115 Å². The molecule has 100 valence electrons. The molecule has 0 amide bonds. The van der Waals surface area contributed by atoms with E-state index in [1.54, 1.807) is 0 Å². The summed E-state index contributed by atoms with van der Waals surface area (Å²) in [4.78, 5) is 0. The lowest BCUT2D eigenvalue weighted by molar-refractivity contribution is 0.295. The van der Waals surface area contributed by atoms with E-state index >= 15 is 0 Å². The first-order valence-corrected chi connectivity index (χ1v) is 7.17. The van der Waals surface area contributed by atoms with Gasteiger partial charge in [0.1, 0.15) is 5.75 Å². The fourth-order valence-electron chi connectivity index (χ4n) is 2.63. The predicted octanol–water partition coefficient (Wildman–Crippen LogP) is 3.87. The minimum absolute atomic E-state index is 0.709. The van der Waals surface area contributed by atoms with E-state index in [0.717, 1.165) is 34.9 Å². The Morgan fingerprint density at radius 2 is 2.06 bits per heavy atom. The zero-order valence-electron chi connectivity index (χ0n) is 11.3. The van der Waals surface area contributed by atoms with Crippen molar-refractivity contribution in [3.05, 3.63) is 28.3 Å². The summed E-state index contributed by atoms with van der Waals surface area (Å²) in [7, 11) is 0. The number of halogens is 1. The van der Waals surface area contributed by atoms with E-state index in [1.807, 2.05) is 26.0 Å². The lowest BCUT2D eigenvalue weighted by Gasteiger charge is -2.14. The summed E-state index contributed by atoms with van der Waals surface area (Å²) in [6.07, 6.45) is 4.96. The minimum Gasteiger partial charge on any atom is -0.493 e. The number of benzene rings is 1. The van der Waals surface area contributed by atoms with E-state index in [2.05, 4.69) is 5.32 Å². The van der Waals surface area contributed by atoms with Gasteiger partial charge < -0.3 is 10.1 Å². The second-order valence-electron chi connectivity index (χ2n) is 5.15. The Hall–Kier alpha value is -0.730. The lowest BCUT2D eigenvalue weighted by atomic mass is 10.1. The van der Waals surface area contributed by atoms with Crippen molar-refractivity contribution in [1.82, 2.24) is 5.32 Å². The quantitative estimate of drug-likeness (QED) is 0.818. The number of ether oxygens (including phenoxy) is 1. The van der Waals surface area contributed by atoms with Crippen molar-refractivity contribution in [2.24, 2.45) is 0 Å². The standard InChI is InChI=1S/C15H22ClNO/c1-11-9-13(16)10-12(2)15(11)18-8-4-6-14-5-3-7-17-14/h9-10,14,17H,3-8H2,1-2H3. The molecule has 2 rings (SSSR count). The van der Waals surface area contributed by atoms with E-state index in [0.29, 0.717) is 6.04 Å². The first-order chi connectivity index (χ1) is 8.66. The Kier molecular flexibility index (Phi) is 4.90. The molecule has 0 saturated carbocycles. The summed E-state index contributed by atoms with van der Waals surface area (Å²) in [6.45, 7) is 6.07. The van der Waals surface area contributed by atoms with Crippen LogP contribution in [0.25, 0.3) is 0 Å². The van der Waals surface area contributed by atoms with Crippen LogP contribution in [0.15, 0.2) is 12.1 Å². The Balaban J connectivity index is 1.79. The Bertz CT molecular complexity index is 376. The lowest BCUT2D eigenvalue weighted by Crippen LogP contribution is -2.21. The monoisotopic (exact) mass is 267 g/mol. The van der Waals surface area contributed by atoms with Gasteiger partial charge in [0.25, 0.3) is 0 Å². The maximum Gasteiger partial charge on any atom is 0.125 e. The minimum atomic E-state index is 0.709. The third kappa shape index (κ3) is 3.63. The average molecular weight is 268 g/mol. The SMILES string of the molecule is Cc1cc(Cl)cc(C)c1OCCCC1CCCN1. The van der Waals surface area contributed by atoms with Gasteiger partial charge in [-0.25, -0.2) is 0 Å². The zero-order valence-corrected chi connectivity index (χ0v) is 12.0. The van der Waals surface area contributed by atoms with Crippen LogP contribution in [0.5, 0.6) is 5.75 Å². The normalized spacial score (nSPS) is 19.2. The van der Waals surface area contributed by atoms with Crippen LogP contribution < -0.4 is 10.1 Å². The summed E-state index contributed by atoms with van der Waals surface area (Å²) in [5, 5.41) is 4.30. The van der Waals surface area contributed by atoms with Crippen LogP contribution in [-0.4, -0.2) is 19.2 Å². The molecule has 18 heavy (non-hydrogen) atoms. The van der Waals surface area contributed by atoms with Gasteiger partial charge in [0.05, 0.1) is 6.61 Å². The molecule has 1 saturated heterocycles. The van der Waals surface area contributed by atoms with Gasteiger partial charge in [-0.1, -0.05) is 11.6 Å². The van der Waals surface area contributed by atoms with Crippen LogP contribution in [0.2, 0.25) is 5.02 Å². The molecule has 0 bridgehead atoms. The first-order valence-electron chi connectivity index (χ1n) is 6.80. The van der Waals surface area contributed by atoms with E-state index in [4.69, 9.17) is 16.3 Å². The summed E-state index contributed by atoms with van der Waals surface area (Å²) < 4.78 is 5.90. The number of hydrogen-bond acceptors (Lipinski definition) is 2. The predicted molar refractivity (Wildman–Crippen MR) is 76.7 cm³/mol. The molecule has 1 atom stereocenters. The molecule has 1 aliphatic heterocycles. The maximum absolute atomic E-state index is 6.01. The number of hydrogen-bond donors (Lipinski definition) is 1. The van der Waals surface area contributed by atoms with Crippen molar-refractivity contribution < 1.29 is 4.74 Å². The van der Waals surface area contributed by atoms with Crippen molar-refractivity contribution in [2.75, 3.05) is 13.2 Å². The van der Waals surface area contributed by atoms with Crippen molar-refractivity contribution >= 4 is 11.6 Å². The Morgan fingerprint density at radius 3 is 2.67 bits per heavy atom. The van der Waals surface area contributed by atoms with Crippen LogP contribution >= 0.6 is 11.6 Å².